The lowest BCUT2D eigenvalue weighted by Gasteiger charge is -2.14. The molecule has 0 saturated carbocycles. The number of carbonyl (C=O) groups excluding carboxylic acids is 1. The van der Waals surface area contributed by atoms with Crippen molar-refractivity contribution < 1.29 is 18.0 Å². The van der Waals surface area contributed by atoms with Crippen molar-refractivity contribution in [1.29, 1.82) is 0 Å². The Labute approximate surface area is 206 Å². The number of nitrogens with zero attached hydrogens (tertiary/aromatic N) is 2. The first-order chi connectivity index (χ1) is 16.8. The van der Waals surface area contributed by atoms with Crippen LogP contribution in [0, 0.1) is 5.82 Å². The predicted molar refractivity (Wildman–Crippen MR) is 131 cm³/mol. The molecule has 4 aromatic rings. The van der Waals surface area contributed by atoms with Crippen molar-refractivity contribution in [2.75, 3.05) is 0 Å². The number of ketones is 1. The lowest BCUT2D eigenvalue weighted by atomic mass is 9.98. The molecule has 0 spiro atoms. The molecule has 0 aliphatic rings. The molecule has 3 nitrogen and oxygen atoms in total. The fourth-order valence-electron chi connectivity index (χ4n) is 3.80. The van der Waals surface area contributed by atoms with Crippen LogP contribution in [0.5, 0.6) is 0 Å². The smallest absolute Gasteiger partial charge is 0.273 e. The van der Waals surface area contributed by atoms with Gasteiger partial charge in [0.2, 0.25) is 0 Å². The zero-order valence-corrected chi connectivity index (χ0v) is 19.7. The van der Waals surface area contributed by atoms with Crippen LogP contribution >= 0.6 is 11.6 Å². The van der Waals surface area contributed by atoms with Gasteiger partial charge < -0.3 is 0 Å². The summed E-state index contributed by atoms with van der Waals surface area (Å²) >= 11 is 5.87. The third kappa shape index (κ3) is 5.77. The standard InChI is InChI=1S/C28H22ClF3N2O/c1-2-28(31,32)21-9-5-19(6-10-21)16-23(35)15-18-3-7-20(8-4-18)26-27(34-14-13-33-26)24-12-11-22(29)17-25(24)30/h3-14,17H,2,15-16H2,1H3. The summed E-state index contributed by atoms with van der Waals surface area (Å²) < 4.78 is 42.1. The maximum Gasteiger partial charge on any atom is 0.273 e. The molecule has 0 bridgehead atoms. The van der Waals surface area contributed by atoms with Gasteiger partial charge in [-0.15, -0.1) is 0 Å². The highest BCUT2D eigenvalue weighted by Crippen LogP contribution is 2.32. The first-order valence-corrected chi connectivity index (χ1v) is 11.5. The van der Waals surface area contributed by atoms with Gasteiger partial charge in [0.15, 0.2) is 0 Å². The summed E-state index contributed by atoms with van der Waals surface area (Å²) in [5.74, 6) is -3.39. The van der Waals surface area contributed by atoms with Crippen molar-refractivity contribution in [2.45, 2.75) is 32.1 Å². The third-order valence-electron chi connectivity index (χ3n) is 5.73. The van der Waals surface area contributed by atoms with Crippen molar-refractivity contribution in [3.63, 3.8) is 0 Å². The normalized spacial score (nSPS) is 11.5. The van der Waals surface area contributed by atoms with Crippen molar-refractivity contribution in [2.24, 2.45) is 0 Å². The van der Waals surface area contributed by atoms with Crippen molar-refractivity contribution in [3.8, 4) is 22.5 Å². The van der Waals surface area contributed by atoms with Crippen LogP contribution in [-0.2, 0) is 23.6 Å². The molecule has 178 valence electrons. The Bertz CT molecular complexity index is 1340. The van der Waals surface area contributed by atoms with E-state index in [0.717, 1.165) is 11.1 Å². The van der Waals surface area contributed by atoms with Crippen LogP contribution in [0.4, 0.5) is 13.2 Å². The van der Waals surface area contributed by atoms with Gasteiger partial charge in [0.05, 0.1) is 11.4 Å². The summed E-state index contributed by atoms with van der Waals surface area (Å²) in [6.45, 7) is 1.43. The highest BCUT2D eigenvalue weighted by Gasteiger charge is 2.28. The Morgan fingerprint density at radius 3 is 2.00 bits per heavy atom. The molecule has 0 unspecified atom stereocenters. The Kier molecular flexibility index (Phi) is 7.31. The van der Waals surface area contributed by atoms with E-state index < -0.39 is 11.7 Å². The Morgan fingerprint density at radius 1 is 0.857 bits per heavy atom. The third-order valence-corrected chi connectivity index (χ3v) is 5.97. The van der Waals surface area contributed by atoms with Gasteiger partial charge in [0.1, 0.15) is 11.6 Å². The van der Waals surface area contributed by atoms with Crippen LogP contribution in [0.2, 0.25) is 5.02 Å². The van der Waals surface area contributed by atoms with Crippen LogP contribution in [0.25, 0.3) is 22.5 Å². The van der Waals surface area contributed by atoms with E-state index >= 15 is 0 Å². The fraction of sp³-hybridized carbons (Fsp3) is 0.179. The van der Waals surface area contributed by atoms with Gasteiger partial charge >= 0.3 is 0 Å². The monoisotopic (exact) mass is 494 g/mol. The number of Topliss-reactive ketones (excluding diaryl/α,β-unsaturated/α-hetero) is 1. The second-order valence-corrected chi connectivity index (χ2v) is 8.66. The average Bonchev–Trinajstić information content (AvgIpc) is 2.85. The van der Waals surface area contributed by atoms with E-state index in [1.807, 2.05) is 24.3 Å². The maximum atomic E-state index is 14.5. The minimum atomic E-state index is -2.87. The molecular formula is C28H22ClF3N2O. The van der Waals surface area contributed by atoms with Gasteiger partial charge in [-0.05, 0) is 29.3 Å². The van der Waals surface area contributed by atoms with Crippen LogP contribution in [0.15, 0.2) is 79.1 Å². The average molecular weight is 495 g/mol. The molecule has 1 aromatic heterocycles. The summed E-state index contributed by atoms with van der Waals surface area (Å²) in [6, 6.07) is 17.5. The molecule has 0 saturated heterocycles. The Balaban J connectivity index is 1.47. The second kappa shape index (κ2) is 10.4. The van der Waals surface area contributed by atoms with Crippen molar-refractivity contribution >= 4 is 17.4 Å². The molecule has 0 fully saturated rings. The van der Waals surface area contributed by atoms with Crippen molar-refractivity contribution in [3.05, 3.63) is 107 Å². The number of hydrogen-bond donors (Lipinski definition) is 0. The fourth-order valence-corrected chi connectivity index (χ4v) is 3.96. The van der Waals surface area contributed by atoms with Gasteiger partial charge in [0.25, 0.3) is 5.92 Å². The van der Waals surface area contributed by atoms with Gasteiger partial charge in [-0.3, -0.25) is 14.8 Å². The lowest BCUT2D eigenvalue weighted by molar-refractivity contribution is -0.117. The minimum absolute atomic E-state index is 0.0313. The Hall–Kier alpha value is -3.51. The molecule has 0 aliphatic heterocycles. The molecule has 3 aromatic carbocycles. The van der Waals surface area contributed by atoms with Crippen LogP contribution in [-0.4, -0.2) is 15.8 Å². The van der Waals surface area contributed by atoms with Crippen LogP contribution in [0.3, 0.4) is 0 Å². The number of rotatable bonds is 8. The molecule has 1 heterocycles. The first-order valence-electron chi connectivity index (χ1n) is 11.1. The zero-order chi connectivity index (χ0) is 25.0. The predicted octanol–water partition coefficient (Wildman–Crippen LogP) is 7.46. The van der Waals surface area contributed by atoms with E-state index in [4.69, 9.17) is 11.6 Å². The van der Waals surface area contributed by atoms with E-state index in [1.54, 1.807) is 24.3 Å². The second-order valence-electron chi connectivity index (χ2n) is 8.22. The summed E-state index contributed by atoms with van der Waals surface area (Å²) in [4.78, 5) is 21.3. The van der Waals surface area contributed by atoms with Gasteiger partial charge in [-0.2, -0.15) is 0 Å². The molecular weight excluding hydrogens is 473 g/mol. The van der Waals surface area contributed by atoms with E-state index in [1.165, 1.54) is 37.5 Å². The maximum absolute atomic E-state index is 14.5. The molecule has 7 heteroatoms. The first kappa shape index (κ1) is 24.6. The molecule has 0 aliphatic carbocycles. The number of halogens is 4. The van der Waals surface area contributed by atoms with Gasteiger partial charge in [-0.25, -0.2) is 13.2 Å². The van der Waals surface area contributed by atoms with Gasteiger partial charge in [-0.1, -0.05) is 67.1 Å². The largest absolute Gasteiger partial charge is 0.299 e. The SMILES string of the molecule is CCC(F)(F)c1ccc(CC(=O)Cc2ccc(-c3nccnc3-c3ccc(Cl)cc3F)cc2)cc1. The molecule has 0 amide bonds. The highest BCUT2D eigenvalue weighted by atomic mass is 35.5. The number of carbonyl (C=O) groups is 1. The topological polar surface area (TPSA) is 42.9 Å². The molecule has 0 atom stereocenters. The molecule has 0 radical (unpaired) electrons. The van der Waals surface area contributed by atoms with Gasteiger partial charge in [0, 0.05) is 53.4 Å². The number of benzene rings is 3. The summed E-state index contributed by atoms with van der Waals surface area (Å²) in [5, 5.41) is 0.292. The minimum Gasteiger partial charge on any atom is -0.299 e. The van der Waals surface area contributed by atoms with E-state index in [0.29, 0.717) is 27.5 Å². The molecule has 35 heavy (non-hydrogen) atoms. The number of alkyl halides is 2. The molecule has 4 rings (SSSR count). The van der Waals surface area contributed by atoms with Crippen LogP contribution in [0.1, 0.15) is 30.0 Å². The van der Waals surface area contributed by atoms with Crippen LogP contribution < -0.4 is 0 Å². The van der Waals surface area contributed by atoms with E-state index in [9.17, 15) is 18.0 Å². The number of aromatic nitrogens is 2. The summed E-state index contributed by atoms with van der Waals surface area (Å²) in [5.41, 5.74) is 3.37. The summed E-state index contributed by atoms with van der Waals surface area (Å²) in [6.07, 6.45) is 3.11. The Morgan fingerprint density at radius 2 is 1.43 bits per heavy atom. The molecule has 0 N–H and O–H groups in total. The van der Waals surface area contributed by atoms with E-state index in [2.05, 4.69) is 9.97 Å². The lowest BCUT2D eigenvalue weighted by Crippen LogP contribution is -2.12. The van der Waals surface area contributed by atoms with Crippen molar-refractivity contribution in [1.82, 2.24) is 9.97 Å². The van der Waals surface area contributed by atoms with E-state index in [-0.39, 0.29) is 30.6 Å². The zero-order valence-electron chi connectivity index (χ0n) is 18.9. The summed E-state index contributed by atoms with van der Waals surface area (Å²) in [7, 11) is 0. The number of hydrogen-bond acceptors (Lipinski definition) is 3. The quantitative estimate of drug-likeness (QED) is 0.255. The highest BCUT2D eigenvalue weighted by molar-refractivity contribution is 6.30.